The maximum atomic E-state index is 6.06. The molecular weight excluding hydrogens is 352 g/mol. The van der Waals surface area contributed by atoms with Crippen molar-refractivity contribution in [3.8, 4) is 17.2 Å². The van der Waals surface area contributed by atoms with Crippen LogP contribution in [0.25, 0.3) is 11.6 Å². The molecule has 4 rings (SSSR count). The van der Waals surface area contributed by atoms with E-state index in [-0.39, 0.29) is 0 Å². The Morgan fingerprint density at radius 2 is 1.64 bits per heavy atom. The monoisotopic (exact) mass is 374 g/mol. The maximum absolute atomic E-state index is 6.06. The van der Waals surface area contributed by atoms with Crippen LogP contribution in [-0.2, 0) is 11.3 Å². The predicted octanol–water partition coefficient (Wildman–Crippen LogP) is 5.18. The zero-order valence-corrected chi connectivity index (χ0v) is 15.9. The zero-order valence-electron chi connectivity index (χ0n) is 15.9. The highest BCUT2D eigenvalue weighted by molar-refractivity contribution is 5.87. The topological polar surface area (TPSA) is 36.9 Å². The third-order valence-electron chi connectivity index (χ3n) is 4.67. The van der Waals surface area contributed by atoms with Gasteiger partial charge in [-0.05, 0) is 35.4 Å². The molecule has 0 aliphatic carbocycles. The van der Waals surface area contributed by atoms with Crippen LogP contribution >= 0.6 is 0 Å². The lowest BCUT2D eigenvalue weighted by atomic mass is 9.99. The molecule has 28 heavy (non-hydrogen) atoms. The molecule has 0 N–H and O–H groups in total. The van der Waals surface area contributed by atoms with E-state index in [0.29, 0.717) is 18.1 Å². The Morgan fingerprint density at radius 1 is 0.857 bits per heavy atom. The fraction of sp³-hybridized carbons (Fsp3) is 0.167. The van der Waals surface area contributed by atoms with Gasteiger partial charge in [-0.2, -0.15) is 0 Å². The normalized spacial score (nSPS) is 15.2. The summed E-state index contributed by atoms with van der Waals surface area (Å²) >= 11 is 0. The van der Waals surface area contributed by atoms with E-state index in [0.717, 1.165) is 28.0 Å². The molecule has 4 heteroatoms. The van der Waals surface area contributed by atoms with Crippen molar-refractivity contribution in [2.75, 3.05) is 14.2 Å². The number of rotatable bonds is 6. The van der Waals surface area contributed by atoms with Gasteiger partial charge in [0.2, 0.25) is 6.29 Å². The molecule has 3 aromatic rings. The number of para-hydroxylation sites is 1. The summed E-state index contributed by atoms with van der Waals surface area (Å²) < 4.78 is 22.9. The minimum atomic E-state index is -0.500. The van der Waals surface area contributed by atoms with Gasteiger partial charge in [-0.3, -0.25) is 0 Å². The minimum Gasteiger partial charge on any atom is -0.493 e. The molecule has 0 aromatic heterocycles. The maximum Gasteiger partial charge on any atom is 0.227 e. The standard InChI is InChI=1S/C24H22O4/c1-25-22-10-6-9-19-15-21(24(26-2)28-23(19)22)18-11-13-20(14-12-18)27-16-17-7-4-3-5-8-17/h3-15,24H,16H2,1-2H3. The van der Waals surface area contributed by atoms with E-state index >= 15 is 0 Å². The molecule has 0 saturated carbocycles. The van der Waals surface area contributed by atoms with Crippen molar-refractivity contribution in [1.82, 2.24) is 0 Å². The number of methoxy groups -OCH3 is 2. The van der Waals surface area contributed by atoms with Crippen LogP contribution in [0.15, 0.2) is 72.8 Å². The Hall–Kier alpha value is -3.24. The van der Waals surface area contributed by atoms with Gasteiger partial charge in [0.1, 0.15) is 12.4 Å². The first-order valence-electron chi connectivity index (χ1n) is 9.13. The van der Waals surface area contributed by atoms with Gasteiger partial charge in [0.05, 0.1) is 7.11 Å². The Labute approximate surface area is 164 Å². The molecular formula is C24H22O4. The van der Waals surface area contributed by atoms with Crippen molar-refractivity contribution in [3.63, 3.8) is 0 Å². The largest absolute Gasteiger partial charge is 0.493 e. The second-order valence-corrected chi connectivity index (χ2v) is 6.46. The molecule has 142 valence electrons. The molecule has 3 aromatic carbocycles. The quantitative estimate of drug-likeness (QED) is 0.596. The van der Waals surface area contributed by atoms with Gasteiger partial charge in [0.15, 0.2) is 11.5 Å². The van der Waals surface area contributed by atoms with E-state index in [1.807, 2.05) is 72.8 Å². The minimum absolute atomic E-state index is 0.500. The lowest BCUT2D eigenvalue weighted by Crippen LogP contribution is -2.24. The Kier molecular flexibility index (Phi) is 5.31. The van der Waals surface area contributed by atoms with Crippen molar-refractivity contribution in [1.29, 1.82) is 0 Å². The van der Waals surface area contributed by atoms with Gasteiger partial charge in [-0.25, -0.2) is 0 Å². The first kappa shape index (κ1) is 18.1. The summed E-state index contributed by atoms with van der Waals surface area (Å²) in [6.07, 6.45) is 1.58. The Morgan fingerprint density at radius 3 is 2.36 bits per heavy atom. The zero-order chi connectivity index (χ0) is 19.3. The van der Waals surface area contributed by atoms with Crippen LogP contribution in [0.3, 0.4) is 0 Å². The highest BCUT2D eigenvalue weighted by atomic mass is 16.7. The molecule has 1 aliphatic heterocycles. The number of hydrogen-bond acceptors (Lipinski definition) is 4. The van der Waals surface area contributed by atoms with Crippen LogP contribution in [-0.4, -0.2) is 20.5 Å². The van der Waals surface area contributed by atoms with Crippen LogP contribution in [0.4, 0.5) is 0 Å². The molecule has 0 radical (unpaired) electrons. The van der Waals surface area contributed by atoms with E-state index in [2.05, 4.69) is 6.08 Å². The SMILES string of the molecule is COc1cccc2c1OC(OC)C(c1ccc(OCc3ccccc3)cc1)=C2. The van der Waals surface area contributed by atoms with Crippen molar-refractivity contribution >= 4 is 11.6 Å². The summed E-state index contributed by atoms with van der Waals surface area (Å²) in [5.41, 5.74) is 4.08. The third-order valence-corrected chi connectivity index (χ3v) is 4.67. The average Bonchev–Trinajstić information content (AvgIpc) is 2.77. The molecule has 4 nitrogen and oxygen atoms in total. The first-order valence-corrected chi connectivity index (χ1v) is 9.13. The van der Waals surface area contributed by atoms with Crippen LogP contribution < -0.4 is 14.2 Å². The van der Waals surface area contributed by atoms with E-state index in [1.165, 1.54) is 0 Å². The summed E-state index contributed by atoms with van der Waals surface area (Å²) in [4.78, 5) is 0. The van der Waals surface area contributed by atoms with Crippen molar-refractivity contribution in [2.24, 2.45) is 0 Å². The van der Waals surface area contributed by atoms with Gasteiger partial charge in [-0.15, -0.1) is 0 Å². The van der Waals surface area contributed by atoms with Gasteiger partial charge in [0, 0.05) is 18.2 Å². The van der Waals surface area contributed by atoms with Gasteiger partial charge in [0.25, 0.3) is 0 Å². The van der Waals surface area contributed by atoms with Crippen LogP contribution in [0.2, 0.25) is 0 Å². The van der Waals surface area contributed by atoms with Crippen molar-refractivity contribution < 1.29 is 18.9 Å². The fourth-order valence-electron chi connectivity index (χ4n) is 3.22. The van der Waals surface area contributed by atoms with E-state index in [4.69, 9.17) is 18.9 Å². The van der Waals surface area contributed by atoms with E-state index in [1.54, 1.807) is 14.2 Å². The molecule has 1 heterocycles. The van der Waals surface area contributed by atoms with E-state index < -0.39 is 6.29 Å². The fourth-order valence-corrected chi connectivity index (χ4v) is 3.22. The summed E-state index contributed by atoms with van der Waals surface area (Å²) in [6.45, 7) is 0.542. The van der Waals surface area contributed by atoms with Crippen LogP contribution in [0.1, 0.15) is 16.7 Å². The molecule has 0 saturated heterocycles. The highest BCUT2D eigenvalue weighted by Crippen LogP contribution is 2.40. The second kappa shape index (κ2) is 8.19. The van der Waals surface area contributed by atoms with Crippen LogP contribution in [0.5, 0.6) is 17.2 Å². The summed E-state index contributed by atoms with van der Waals surface area (Å²) in [5, 5.41) is 0. The smallest absolute Gasteiger partial charge is 0.227 e. The number of ether oxygens (including phenoxy) is 4. The number of benzene rings is 3. The molecule has 0 amide bonds. The second-order valence-electron chi connectivity index (χ2n) is 6.46. The summed E-state index contributed by atoms with van der Waals surface area (Å²) in [6, 6.07) is 23.9. The molecule has 0 fully saturated rings. The van der Waals surface area contributed by atoms with Gasteiger partial charge >= 0.3 is 0 Å². The third kappa shape index (κ3) is 3.73. The molecule has 1 aliphatic rings. The average molecular weight is 374 g/mol. The Balaban J connectivity index is 1.56. The summed E-state index contributed by atoms with van der Waals surface area (Å²) in [7, 11) is 3.27. The number of fused-ring (bicyclic) bond motifs is 1. The molecule has 0 spiro atoms. The first-order chi connectivity index (χ1) is 13.8. The molecule has 1 unspecified atom stereocenters. The number of hydrogen-bond donors (Lipinski definition) is 0. The lowest BCUT2D eigenvalue weighted by molar-refractivity contribution is -0.0105. The molecule has 0 bridgehead atoms. The van der Waals surface area contributed by atoms with Gasteiger partial charge in [-0.1, -0.05) is 54.6 Å². The van der Waals surface area contributed by atoms with Crippen molar-refractivity contribution in [2.45, 2.75) is 12.9 Å². The van der Waals surface area contributed by atoms with Crippen molar-refractivity contribution in [3.05, 3.63) is 89.5 Å². The lowest BCUT2D eigenvalue weighted by Gasteiger charge is -2.27. The highest BCUT2D eigenvalue weighted by Gasteiger charge is 2.26. The Bertz CT molecular complexity index is 962. The molecule has 1 atom stereocenters. The summed E-state index contributed by atoms with van der Waals surface area (Å²) in [5.74, 6) is 2.21. The predicted molar refractivity (Wildman–Crippen MR) is 110 cm³/mol. The van der Waals surface area contributed by atoms with Crippen LogP contribution in [0, 0.1) is 0 Å². The van der Waals surface area contributed by atoms with E-state index in [9.17, 15) is 0 Å². The van der Waals surface area contributed by atoms with Gasteiger partial charge < -0.3 is 18.9 Å².